The summed E-state index contributed by atoms with van der Waals surface area (Å²) in [4.78, 5) is 17.3. The molecule has 0 atom stereocenters. The van der Waals surface area contributed by atoms with Gasteiger partial charge < -0.3 is 15.7 Å². The summed E-state index contributed by atoms with van der Waals surface area (Å²) in [7, 11) is 0. The predicted octanol–water partition coefficient (Wildman–Crippen LogP) is 5.15. The third-order valence-corrected chi connectivity index (χ3v) is 5.74. The van der Waals surface area contributed by atoms with Gasteiger partial charge in [-0.25, -0.2) is 4.98 Å². The molecule has 8 nitrogen and oxygen atoms in total. The van der Waals surface area contributed by atoms with Crippen LogP contribution in [-0.4, -0.2) is 25.6 Å². The van der Waals surface area contributed by atoms with E-state index in [-0.39, 0.29) is 11.7 Å². The number of nitrogens with zero attached hydrogens (tertiary/aromatic N) is 4. The Labute approximate surface area is 207 Å². The van der Waals surface area contributed by atoms with E-state index in [1.54, 1.807) is 47.1 Å². The van der Waals surface area contributed by atoms with E-state index in [9.17, 15) is 9.90 Å². The van der Waals surface area contributed by atoms with Crippen LogP contribution in [0.4, 0.5) is 11.5 Å². The lowest BCUT2D eigenvalue weighted by atomic mass is 10.1. The molecule has 176 valence electrons. The fourth-order valence-corrected chi connectivity index (χ4v) is 3.91. The quantitative estimate of drug-likeness (QED) is 0.314. The van der Waals surface area contributed by atoms with Gasteiger partial charge in [-0.15, -0.1) is 0 Å². The molecule has 0 aliphatic rings. The highest BCUT2D eigenvalue weighted by Crippen LogP contribution is 2.30. The van der Waals surface area contributed by atoms with Crippen LogP contribution in [0.1, 0.15) is 27.0 Å². The number of aryl methyl sites for hydroxylation is 1. The van der Waals surface area contributed by atoms with E-state index in [0.29, 0.717) is 46.1 Å². The zero-order valence-electron chi connectivity index (χ0n) is 19.4. The molecule has 5 aromatic rings. The van der Waals surface area contributed by atoms with Crippen LogP contribution in [0.25, 0.3) is 16.9 Å². The Morgan fingerprint density at radius 2 is 1.89 bits per heavy atom. The van der Waals surface area contributed by atoms with Crippen LogP contribution in [-0.2, 0) is 6.54 Å². The highest BCUT2D eigenvalue weighted by Gasteiger charge is 2.13. The van der Waals surface area contributed by atoms with Gasteiger partial charge in [0, 0.05) is 35.0 Å². The summed E-state index contributed by atoms with van der Waals surface area (Å²) in [5.41, 5.74) is 5.31. The van der Waals surface area contributed by atoms with Gasteiger partial charge in [0.1, 0.15) is 11.6 Å². The van der Waals surface area contributed by atoms with Crippen molar-refractivity contribution < 1.29 is 9.90 Å². The largest absolute Gasteiger partial charge is 0.507 e. The number of nitrogens with one attached hydrogen (secondary N) is 2. The van der Waals surface area contributed by atoms with Gasteiger partial charge in [-0.2, -0.15) is 14.9 Å². The molecule has 8 heteroatoms. The second-order valence-electron chi connectivity index (χ2n) is 8.31. The molecule has 3 N–H and O–H groups in total. The first-order valence-electron chi connectivity index (χ1n) is 11.3. The molecule has 0 saturated heterocycles. The van der Waals surface area contributed by atoms with Crippen LogP contribution in [0.15, 0.2) is 85.1 Å². The molecule has 36 heavy (non-hydrogen) atoms. The number of phenols is 1. The number of anilines is 2. The van der Waals surface area contributed by atoms with Gasteiger partial charge >= 0.3 is 0 Å². The monoisotopic (exact) mass is 474 g/mol. The number of fused-ring (bicyclic) bond motifs is 1. The maximum Gasteiger partial charge on any atom is 0.255 e. The molecular formula is C28H22N6O2. The van der Waals surface area contributed by atoms with E-state index in [1.807, 2.05) is 55.5 Å². The van der Waals surface area contributed by atoms with Crippen molar-refractivity contribution in [2.45, 2.75) is 13.5 Å². The minimum absolute atomic E-state index is 0.154. The summed E-state index contributed by atoms with van der Waals surface area (Å²) >= 11 is 0. The van der Waals surface area contributed by atoms with E-state index < -0.39 is 0 Å². The molecule has 3 aromatic carbocycles. The maximum atomic E-state index is 12.6. The Hall–Kier alpha value is -5.16. The second-order valence-corrected chi connectivity index (χ2v) is 8.31. The average molecular weight is 475 g/mol. The molecule has 0 saturated carbocycles. The van der Waals surface area contributed by atoms with Gasteiger partial charge in [-0.3, -0.25) is 4.79 Å². The fraction of sp³-hybridized carbons (Fsp3) is 0.0714. The summed E-state index contributed by atoms with van der Waals surface area (Å²) < 4.78 is 1.73. The average Bonchev–Trinajstić information content (AvgIpc) is 3.28. The van der Waals surface area contributed by atoms with Crippen LogP contribution in [0.2, 0.25) is 0 Å². The van der Waals surface area contributed by atoms with Crippen molar-refractivity contribution in [2.24, 2.45) is 0 Å². The lowest BCUT2D eigenvalue weighted by molar-refractivity contribution is 0.102. The molecule has 1 amide bonds. The van der Waals surface area contributed by atoms with E-state index in [0.717, 1.165) is 11.1 Å². The minimum atomic E-state index is -0.285. The highest BCUT2D eigenvalue weighted by molar-refractivity contribution is 6.04. The smallest absolute Gasteiger partial charge is 0.255 e. The Kier molecular flexibility index (Phi) is 6.03. The van der Waals surface area contributed by atoms with Crippen LogP contribution < -0.4 is 10.6 Å². The van der Waals surface area contributed by atoms with Gasteiger partial charge in [0.05, 0.1) is 23.5 Å². The zero-order chi connectivity index (χ0) is 25.1. The van der Waals surface area contributed by atoms with Crippen LogP contribution in [0.5, 0.6) is 5.75 Å². The van der Waals surface area contributed by atoms with Crippen molar-refractivity contribution in [1.29, 1.82) is 5.26 Å². The Balaban J connectivity index is 1.38. The van der Waals surface area contributed by atoms with E-state index in [1.165, 1.54) is 0 Å². The van der Waals surface area contributed by atoms with Gasteiger partial charge in [0.15, 0.2) is 5.65 Å². The number of hydrogen-bond donors (Lipinski definition) is 3. The van der Waals surface area contributed by atoms with Gasteiger partial charge in [-0.05, 0) is 55.0 Å². The fourth-order valence-electron chi connectivity index (χ4n) is 3.91. The van der Waals surface area contributed by atoms with Crippen molar-refractivity contribution in [2.75, 3.05) is 10.6 Å². The summed E-state index contributed by atoms with van der Waals surface area (Å²) in [5, 5.41) is 30.1. The molecule has 5 rings (SSSR count). The first-order valence-corrected chi connectivity index (χ1v) is 11.3. The standard InChI is InChI=1S/C28H22N6O2/c1-18-16-31-34-26(14-24(33-27(18)34)23-10-2-3-11-25(23)35)30-17-20-7-5-9-22(13-20)32-28(36)21-8-4-6-19(12-21)15-29/h2-14,16,30,35H,17H2,1H3,(H,32,36). The van der Waals surface area contributed by atoms with Crippen molar-refractivity contribution in [3.63, 3.8) is 0 Å². The number of aromatic nitrogens is 3. The molecule has 0 fully saturated rings. The van der Waals surface area contributed by atoms with Gasteiger partial charge in [0.25, 0.3) is 5.91 Å². The van der Waals surface area contributed by atoms with Crippen molar-refractivity contribution in [3.05, 3.63) is 107 Å². The number of carbonyl (C=O) groups is 1. The van der Waals surface area contributed by atoms with Crippen LogP contribution >= 0.6 is 0 Å². The van der Waals surface area contributed by atoms with E-state index in [4.69, 9.17) is 10.2 Å². The molecule has 2 aromatic heterocycles. The predicted molar refractivity (Wildman–Crippen MR) is 138 cm³/mol. The van der Waals surface area contributed by atoms with Crippen LogP contribution in [0.3, 0.4) is 0 Å². The Bertz CT molecular complexity index is 1630. The van der Waals surface area contributed by atoms with Crippen LogP contribution in [0, 0.1) is 18.3 Å². The van der Waals surface area contributed by atoms with Crippen molar-refractivity contribution in [3.8, 4) is 23.1 Å². The maximum absolute atomic E-state index is 12.6. The minimum Gasteiger partial charge on any atom is -0.507 e. The Morgan fingerprint density at radius 3 is 2.72 bits per heavy atom. The molecule has 0 bridgehead atoms. The molecule has 0 aliphatic heterocycles. The van der Waals surface area contributed by atoms with Gasteiger partial charge in [0.2, 0.25) is 0 Å². The zero-order valence-corrected chi connectivity index (χ0v) is 19.4. The number of nitriles is 1. The third kappa shape index (κ3) is 4.58. The van der Waals surface area contributed by atoms with Crippen molar-refractivity contribution >= 4 is 23.1 Å². The summed E-state index contributed by atoms with van der Waals surface area (Å²) in [6, 6.07) is 25.1. The number of amides is 1. The number of benzene rings is 3. The lowest BCUT2D eigenvalue weighted by Gasteiger charge is -2.13. The topological polar surface area (TPSA) is 115 Å². The molecule has 2 heterocycles. The van der Waals surface area contributed by atoms with Gasteiger partial charge in [-0.1, -0.05) is 30.3 Å². The van der Waals surface area contributed by atoms with Crippen molar-refractivity contribution in [1.82, 2.24) is 14.6 Å². The summed E-state index contributed by atoms with van der Waals surface area (Å²) in [5.74, 6) is 0.586. The second kappa shape index (κ2) is 9.60. The summed E-state index contributed by atoms with van der Waals surface area (Å²) in [6.45, 7) is 2.40. The molecular weight excluding hydrogens is 452 g/mol. The van der Waals surface area contributed by atoms with E-state index >= 15 is 0 Å². The normalized spacial score (nSPS) is 10.7. The number of rotatable bonds is 6. The molecule has 0 spiro atoms. The number of aromatic hydroxyl groups is 1. The number of para-hydroxylation sites is 1. The molecule has 0 aliphatic carbocycles. The lowest BCUT2D eigenvalue weighted by Crippen LogP contribution is -2.12. The first kappa shape index (κ1) is 22.6. The first-order chi connectivity index (χ1) is 17.5. The molecule has 0 radical (unpaired) electrons. The highest BCUT2D eigenvalue weighted by atomic mass is 16.3. The SMILES string of the molecule is Cc1cnn2c(NCc3cccc(NC(=O)c4cccc(C#N)c4)c3)cc(-c3ccccc3O)nc12. The third-order valence-electron chi connectivity index (χ3n) is 5.74. The summed E-state index contributed by atoms with van der Waals surface area (Å²) in [6.07, 6.45) is 1.75. The number of carbonyl (C=O) groups excluding carboxylic acids is 1. The number of phenolic OH excluding ortho intramolecular Hbond substituents is 1. The Morgan fingerprint density at radius 1 is 1.06 bits per heavy atom. The molecule has 0 unspecified atom stereocenters. The van der Waals surface area contributed by atoms with E-state index in [2.05, 4.69) is 15.7 Å². The number of hydrogen-bond acceptors (Lipinski definition) is 6.